The van der Waals surface area contributed by atoms with Gasteiger partial charge in [-0.25, -0.2) is 0 Å². The Balaban J connectivity index is 1.83. The van der Waals surface area contributed by atoms with Gasteiger partial charge in [-0.2, -0.15) is 5.10 Å². The predicted molar refractivity (Wildman–Crippen MR) is 82.8 cm³/mol. The van der Waals surface area contributed by atoms with E-state index in [2.05, 4.69) is 17.1 Å². The van der Waals surface area contributed by atoms with E-state index in [1.165, 1.54) is 69.2 Å². The van der Waals surface area contributed by atoms with Crippen LogP contribution in [0.4, 0.5) is 0 Å². The summed E-state index contributed by atoms with van der Waals surface area (Å²) in [6, 6.07) is 0. The number of unbranched alkanes of at least 4 members (excludes halogenated alkanes) is 9. The van der Waals surface area contributed by atoms with Crippen molar-refractivity contribution in [2.75, 3.05) is 0 Å². The molecule has 0 aliphatic carbocycles. The molecule has 0 amide bonds. The largest absolute Gasteiger partial charge is 0.258 e. The number of H-pyrrole nitrogens is 1. The van der Waals surface area contributed by atoms with Gasteiger partial charge in [-0.1, -0.05) is 76.0 Å². The Kier molecular flexibility index (Phi) is 9.40. The van der Waals surface area contributed by atoms with Crippen LogP contribution in [-0.4, -0.2) is 10.2 Å². The number of aromatic nitrogens is 2. The lowest BCUT2D eigenvalue weighted by Crippen LogP contribution is -1.86. The minimum Gasteiger partial charge on any atom is -0.258 e. The molecule has 1 aromatic rings. The van der Waals surface area contributed by atoms with E-state index in [1.807, 2.05) is 0 Å². The minimum atomic E-state index is 0.803. The molecule has 1 rings (SSSR count). The number of rotatable bonds is 11. The average molecular weight is 287 g/mol. The second-order valence-electron chi connectivity index (χ2n) is 4.94. The molecule has 4 heteroatoms. The van der Waals surface area contributed by atoms with Gasteiger partial charge in [0.2, 0.25) is 0 Å². The van der Waals surface area contributed by atoms with Gasteiger partial charge < -0.3 is 0 Å². The van der Waals surface area contributed by atoms with Crippen LogP contribution in [0, 0.1) is 3.95 Å². The Labute approximate surface area is 120 Å². The van der Waals surface area contributed by atoms with E-state index in [1.54, 1.807) is 11.3 Å². The van der Waals surface area contributed by atoms with Crippen LogP contribution in [0.25, 0.3) is 0 Å². The summed E-state index contributed by atoms with van der Waals surface area (Å²) >= 11 is 6.63. The van der Waals surface area contributed by atoms with Crippen molar-refractivity contribution in [3.63, 3.8) is 0 Å². The highest BCUT2D eigenvalue weighted by atomic mass is 32.1. The van der Waals surface area contributed by atoms with Crippen LogP contribution in [0.5, 0.6) is 0 Å². The van der Waals surface area contributed by atoms with E-state index in [4.69, 9.17) is 12.2 Å². The number of aromatic amines is 1. The SMILES string of the molecule is CCCCCCCCCCCCc1n[nH]c(=S)s1. The molecule has 0 radical (unpaired) electrons. The molecule has 0 unspecified atom stereocenters. The highest BCUT2D eigenvalue weighted by Crippen LogP contribution is 2.13. The number of hydrogen-bond donors (Lipinski definition) is 1. The highest BCUT2D eigenvalue weighted by Gasteiger charge is 1.97. The van der Waals surface area contributed by atoms with Gasteiger partial charge in [0.1, 0.15) is 5.01 Å². The topological polar surface area (TPSA) is 28.7 Å². The molecule has 0 saturated carbocycles. The molecular weight excluding hydrogens is 260 g/mol. The van der Waals surface area contributed by atoms with Crippen LogP contribution in [-0.2, 0) is 6.42 Å². The third-order valence-corrected chi connectivity index (χ3v) is 4.38. The lowest BCUT2D eigenvalue weighted by atomic mass is 10.1. The second-order valence-corrected chi connectivity index (χ2v) is 6.69. The van der Waals surface area contributed by atoms with Crippen molar-refractivity contribution >= 4 is 23.6 Å². The Morgan fingerprint density at radius 2 is 1.50 bits per heavy atom. The molecule has 2 nitrogen and oxygen atoms in total. The van der Waals surface area contributed by atoms with Crippen molar-refractivity contribution in [1.29, 1.82) is 0 Å². The molecule has 0 aromatic carbocycles. The first kappa shape index (κ1) is 15.8. The summed E-state index contributed by atoms with van der Waals surface area (Å²) in [6.45, 7) is 2.27. The molecule has 1 heterocycles. The Hall–Kier alpha value is -0.220. The smallest absolute Gasteiger partial charge is 0.176 e. The summed E-state index contributed by atoms with van der Waals surface area (Å²) in [6.07, 6.45) is 14.9. The summed E-state index contributed by atoms with van der Waals surface area (Å²) in [5, 5.41) is 8.18. The van der Waals surface area contributed by atoms with Crippen molar-refractivity contribution in [2.24, 2.45) is 0 Å². The summed E-state index contributed by atoms with van der Waals surface area (Å²) in [5.74, 6) is 0. The Morgan fingerprint density at radius 3 is 2.00 bits per heavy atom. The first-order chi connectivity index (χ1) is 8.83. The quantitative estimate of drug-likeness (QED) is 0.420. The molecule has 18 heavy (non-hydrogen) atoms. The fourth-order valence-electron chi connectivity index (χ4n) is 2.13. The maximum Gasteiger partial charge on any atom is 0.176 e. The van der Waals surface area contributed by atoms with E-state index in [0.29, 0.717) is 0 Å². The van der Waals surface area contributed by atoms with Crippen LogP contribution in [0.1, 0.15) is 76.1 Å². The average Bonchev–Trinajstić information content (AvgIpc) is 2.77. The van der Waals surface area contributed by atoms with E-state index < -0.39 is 0 Å². The summed E-state index contributed by atoms with van der Waals surface area (Å²) in [4.78, 5) is 0. The lowest BCUT2D eigenvalue weighted by molar-refractivity contribution is 0.556. The van der Waals surface area contributed by atoms with Gasteiger partial charge in [-0.05, 0) is 18.6 Å². The molecule has 1 aromatic heterocycles. The molecule has 1 N–H and O–H groups in total. The van der Waals surface area contributed by atoms with Crippen molar-refractivity contribution in [1.82, 2.24) is 10.2 Å². The fourth-order valence-corrected chi connectivity index (χ4v) is 3.11. The predicted octanol–water partition coefficient (Wildman–Crippen LogP) is 5.66. The van der Waals surface area contributed by atoms with Gasteiger partial charge in [-0.3, -0.25) is 5.10 Å². The van der Waals surface area contributed by atoms with Crippen molar-refractivity contribution in [2.45, 2.75) is 77.6 Å². The van der Waals surface area contributed by atoms with Crippen molar-refractivity contribution in [3.05, 3.63) is 8.96 Å². The molecule has 0 fully saturated rings. The van der Waals surface area contributed by atoms with Gasteiger partial charge in [0.25, 0.3) is 0 Å². The highest BCUT2D eigenvalue weighted by molar-refractivity contribution is 7.73. The molecule has 0 spiro atoms. The summed E-state index contributed by atoms with van der Waals surface area (Å²) in [7, 11) is 0. The van der Waals surface area contributed by atoms with Gasteiger partial charge in [-0.15, -0.1) is 0 Å². The molecule has 104 valence electrons. The third-order valence-electron chi connectivity index (χ3n) is 3.23. The van der Waals surface area contributed by atoms with E-state index >= 15 is 0 Å². The molecule has 0 atom stereocenters. The zero-order chi connectivity index (χ0) is 13.1. The van der Waals surface area contributed by atoms with E-state index in [-0.39, 0.29) is 0 Å². The fraction of sp³-hybridized carbons (Fsp3) is 0.857. The number of aryl methyl sites for hydroxylation is 1. The maximum atomic E-state index is 5.01. The standard InChI is InChI=1S/C14H26N2S2/c1-2-3-4-5-6-7-8-9-10-11-12-13-15-16-14(17)18-13/h2-12H2,1H3,(H,16,17). The van der Waals surface area contributed by atoms with Gasteiger partial charge in [0.05, 0.1) is 0 Å². The second kappa shape index (κ2) is 10.7. The number of hydrogen-bond acceptors (Lipinski definition) is 3. The molecule has 0 bridgehead atoms. The first-order valence-electron chi connectivity index (χ1n) is 7.37. The zero-order valence-corrected chi connectivity index (χ0v) is 13.2. The van der Waals surface area contributed by atoms with Crippen LogP contribution in [0.15, 0.2) is 0 Å². The molecule has 0 saturated heterocycles. The summed E-state index contributed by atoms with van der Waals surface area (Å²) in [5.41, 5.74) is 0. The van der Waals surface area contributed by atoms with Gasteiger partial charge >= 0.3 is 0 Å². The third kappa shape index (κ3) is 7.98. The first-order valence-corrected chi connectivity index (χ1v) is 8.59. The van der Waals surface area contributed by atoms with Crippen molar-refractivity contribution in [3.8, 4) is 0 Å². The molecule has 0 aliphatic rings. The van der Waals surface area contributed by atoms with Crippen LogP contribution in [0.2, 0.25) is 0 Å². The Bertz CT molecular complexity index is 344. The van der Waals surface area contributed by atoms with Crippen LogP contribution >= 0.6 is 23.6 Å². The zero-order valence-electron chi connectivity index (χ0n) is 11.5. The van der Waals surface area contributed by atoms with Crippen molar-refractivity contribution < 1.29 is 0 Å². The lowest BCUT2D eigenvalue weighted by Gasteiger charge is -2.01. The Morgan fingerprint density at radius 1 is 0.944 bits per heavy atom. The van der Waals surface area contributed by atoms with E-state index in [0.717, 1.165) is 10.4 Å². The van der Waals surface area contributed by atoms with Gasteiger partial charge in [0, 0.05) is 6.42 Å². The van der Waals surface area contributed by atoms with E-state index in [9.17, 15) is 0 Å². The van der Waals surface area contributed by atoms with Crippen LogP contribution in [0.3, 0.4) is 0 Å². The molecular formula is C14H26N2S2. The van der Waals surface area contributed by atoms with Crippen LogP contribution < -0.4 is 0 Å². The summed E-state index contributed by atoms with van der Waals surface area (Å²) < 4.78 is 0.803. The maximum absolute atomic E-state index is 5.01. The minimum absolute atomic E-state index is 0.803. The normalized spacial score (nSPS) is 10.9. The van der Waals surface area contributed by atoms with Gasteiger partial charge in [0.15, 0.2) is 3.95 Å². The monoisotopic (exact) mass is 286 g/mol. The number of nitrogens with one attached hydrogen (secondary N) is 1. The molecule has 0 aliphatic heterocycles. The number of nitrogens with zero attached hydrogens (tertiary/aromatic N) is 1.